The van der Waals surface area contributed by atoms with Crippen LogP contribution in [0.3, 0.4) is 0 Å². The Morgan fingerprint density at radius 2 is 1.54 bits per heavy atom. The third-order valence-electron chi connectivity index (χ3n) is 5.01. The first-order valence-electron chi connectivity index (χ1n) is 8.16. The third-order valence-corrected chi connectivity index (χ3v) is 5.01. The van der Waals surface area contributed by atoms with Gasteiger partial charge in [0.1, 0.15) is 0 Å². The molecule has 1 atom stereocenters. The minimum absolute atomic E-state index is 0.330. The third kappa shape index (κ3) is 2.54. The number of hydrogen-bond acceptors (Lipinski definition) is 3. The Bertz CT molecular complexity index is 775. The van der Waals surface area contributed by atoms with Crippen LogP contribution in [0.5, 0.6) is 17.2 Å². The van der Waals surface area contributed by atoms with E-state index in [0.29, 0.717) is 17.4 Å². The number of benzene rings is 2. The fourth-order valence-corrected chi connectivity index (χ4v) is 3.64. The van der Waals surface area contributed by atoms with Crippen molar-refractivity contribution in [3.8, 4) is 17.2 Å². The number of hydrogen-bond donors (Lipinski definition) is 0. The molecule has 1 aliphatic carbocycles. The van der Waals surface area contributed by atoms with E-state index in [-0.39, 0.29) is 0 Å². The first-order valence-corrected chi connectivity index (χ1v) is 8.16. The Hall–Kier alpha value is -2.42. The SMILES string of the molecule is COc1cc2c(c(OC)c1OC)C(C)=C(C)C2Cc1ccccc1. The summed E-state index contributed by atoms with van der Waals surface area (Å²) < 4.78 is 16.8. The van der Waals surface area contributed by atoms with Crippen molar-refractivity contribution in [1.82, 2.24) is 0 Å². The maximum Gasteiger partial charge on any atom is 0.203 e. The van der Waals surface area contributed by atoms with E-state index in [4.69, 9.17) is 14.2 Å². The molecule has 0 N–H and O–H groups in total. The lowest BCUT2D eigenvalue weighted by Gasteiger charge is -2.19. The molecule has 126 valence electrons. The molecule has 0 saturated heterocycles. The van der Waals surface area contributed by atoms with Gasteiger partial charge < -0.3 is 14.2 Å². The van der Waals surface area contributed by atoms with Gasteiger partial charge in [-0.3, -0.25) is 0 Å². The molecule has 0 aliphatic heterocycles. The molecule has 1 aliphatic rings. The molecule has 0 radical (unpaired) electrons. The Kier molecular flexibility index (Phi) is 4.52. The molecule has 3 heteroatoms. The van der Waals surface area contributed by atoms with E-state index in [0.717, 1.165) is 17.7 Å². The molecular weight excluding hydrogens is 300 g/mol. The van der Waals surface area contributed by atoms with Crippen LogP contribution >= 0.6 is 0 Å². The second-order valence-corrected chi connectivity index (χ2v) is 6.16. The smallest absolute Gasteiger partial charge is 0.203 e. The summed E-state index contributed by atoms with van der Waals surface area (Å²) in [4.78, 5) is 0. The predicted molar refractivity (Wildman–Crippen MR) is 97.3 cm³/mol. The van der Waals surface area contributed by atoms with Gasteiger partial charge >= 0.3 is 0 Å². The van der Waals surface area contributed by atoms with Crippen molar-refractivity contribution >= 4 is 5.57 Å². The van der Waals surface area contributed by atoms with Crippen LogP contribution in [0.1, 0.15) is 36.5 Å². The maximum absolute atomic E-state index is 5.70. The van der Waals surface area contributed by atoms with E-state index in [1.54, 1.807) is 21.3 Å². The molecule has 0 amide bonds. The second-order valence-electron chi connectivity index (χ2n) is 6.16. The zero-order valence-electron chi connectivity index (χ0n) is 15.0. The van der Waals surface area contributed by atoms with Crippen molar-refractivity contribution in [1.29, 1.82) is 0 Å². The molecule has 3 nitrogen and oxygen atoms in total. The van der Waals surface area contributed by atoms with Crippen LogP contribution in [0.2, 0.25) is 0 Å². The van der Waals surface area contributed by atoms with Crippen LogP contribution in [0.15, 0.2) is 42.0 Å². The predicted octanol–water partition coefficient (Wildman–Crippen LogP) is 4.85. The van der Waals surface area contributed by atoms with Gasteiger partial charge in [0.2, 0.25) is 5.75 Å². The van der Waals surface area contributed by atoms with Crippen LogP contribution < -0.4 is 14.2 Å². The quantitative estimate of drug-likeness (QED) is 0.787. The fourth-order valence-electron chi connectivity index (χ4n) is 3.64. The van der Waals surface area contributed by atoms with Crippen LogP contribution in [-0.2, 0) is 6.42 Å². The Morgan fingerprint density at radius 3 is 2.12 bits per heavy atom. The van der Waals surface area contributed by atoms with Crippen LogP contribution in [-0.4, -0.2) is 21.3 Å². The maximum atomic E-state index is 5.70. The highest BCUT2D eigenvalue weighted by Crippen LogP contribution is 2.53. The molecule has 2 aromatic rings. The lowest BCUT2D eigenvalue weighted by atomic mass is 9.89. The molecular formula is C21H24O3. The standard InChI is InChI=1S/C21H24O3/c1-13-14(2)19-17(16(13)11-15-9-7-6-8-10-15)12-18(22-3)20(23-4)21(19)24-5/h6-10,12,16H,11H2,1-5H3. The fraction of sp³-hybridized carbons (Fsp3) is 0.333. The first kappa shape index (κ1) is 16.4. The van der Waals surface area contributed by atoms with Gasteiger partial charge in [-0.25, -0.2) is 0 Å². The van der Waals surface area contributed by atoms with Gasteiger partial charge in [-0.05, 0) is 43.0 Å². The van der Waals surface area contributed by atoms with Crippen molar-refractivity contribution in [2.45, 2.75) is 26.2 Å². The van der Waals surface area contributed by atoms with Crippen molar-refractivity contribution in [2.24, 2.45) is 0 Å². The molecule has 1 unspecified atom stereocenters. The van der Waals surface area contributed by atoms with Crippen LogP contribution in [0.25, 0.3) is 5.57 Å². The Morgan fingerprint density at radius 1 is 0.875 bits per heavy atom. The molecule has 0 fully saturated rings. The Labute approximate surface area is 143 Å². The molecule has 2 aromatic carbocycles. The van der Waals surface area contributed by atoms with Crippen molar-refractivity contribution in [3.05, 3.63) is 58.7 Å². The van der Waals surface area contributed by atoms with E-state index in [1.165, 1.54) is 22.3 Å². The summed E-state index contributed by atoms with van der Waals surface area (Å²) >= 11 is 0. The van der Waals surface area contributed by atoms with Crippen molar-refractivity contribution in [3.63, 3.8) is 0 Å². The molecule has 24 heavy (non-hydrogen) atoms. The lowest BCUT2D eigenvalue weighted by Crippen LogP contribution is -2.04. The molecule has 0 aromatic heterocycles. The summed E-state index contributed by atoms with van der Waals surface area (Å²) in [5.74, 6) is 2.47. The Balaban J connectivity index is 2.15. The average Bonchev–Trinajstić information content (AvgIpc) is 2.85. The summed E-state index contributed by atoms with van der Waals surface area (Å²) in [6.07, 6.45) is 0.968. The molecule has 0 spiro atoms. The summed E-state index contributed by atoms with van der Waals surface area (Å²) in [7, 11) is 5.00. The van der Waals surface area contributed by atoms with E-state index in [2.05, 4.69) is 50.2 Å². The number of allylic oxidation sites excluding steroid dienone is 2. The van der Waals surface area contributed by atoms with E-state index < -0.39 is 0 Å². The number of fused-ring (bicyclic) bond motifs is 1. The minimum Gasteiger partial charge on any atom is -0.493 e. The van der Waals surface area contributed by atoms with Crippen molar-refractivity contribution < 1.29 is 14.2 Å². The largest absolute Gasteiger partial charge is 0.493 e. The number of ether oxygens (including phenoxy) is 3. The highest BCUT2D eigenvalue weighted by molar-refractivity contribution is 5.84. The van der Waals surface area contributed by atoms with Crippen molar-refractivity contribution in [2.75, 3.05) is 21.3 Å². The van der Waals surface area contributed by atoms with Gasteiger partial charge in [0.05, 0.1) is 21.3 Å². The monoisotopic (exact) mass is 324 g/mol. The zero-order chi connectivity index (χ0) is 17.3. The zero-order valence-corrected chi connectivity index (χ0v) is 15.0. The highest BCUT2D eigenvalue weighted by Gasteiger charge is 2.33. The van der Waals surface area contributed by atoms with Gasteiger partial charge in [0.25, 0.3) is 0 Å². The summed E-state index contributed by atoms with van der Waals surface area (Å²) in [6, 6.07) is 12.7. The second kappa shape index (κ2) is 6.60. The van der Waals surface area contributed by atoms with E-state index in [9.17, 15) is 0 Å². The van der Waals surface area contributed by atoms with Crippen LogP contribution in [0.4, 0.5) is 0 Å². The molecule has 3 rings (SSSR count). The van der Waals surface area contributed by atoms with Gasteiger partial charge in [-0.15, -0.1) is 0 Å². The van der Waals surface area contributed by atoms with E-state index in [1.807, 2.05) is 0 Å². The summed E-state index contributed by atoms with van der Waals surface area (Å²) in [5.41, 5.74) is 6.37. The minimum atomic E-state index is 0.330. The molecule has 0 saturated carbocycles. The van der Waals surface area contributed by atoms with Gasteiger partial charge in [0.15, 0.2) is 11.5 Å². The van der Waals surface area contributed by atoms with Gasteiger partial charge in [-0.1, -0.05) is 35.9 Å². The number of rotatable bonds is 5. The van der Waals surface area contributed by atoms with Gasteiger partial charge in [0, 0.05) is 11.5 Å². The first-order chi connectivity index (χ1) is 11.6. The van der Waals surface area contributed by atoms with Gasteiger partial charge in [-0.2, -0.15) is 0 Å². The number of methoxy groups -OCH3 is 3. The van der Waals surface area contributed by atoms with Crippen LogP contribution in [0, 0.1) is 0 Å². The normalized spacial score (nSPS) is 16.1. The molecule has 0 heterocycles. The summed E-state index contributed by atoms with van der Waals surface area (Å²) in [5, 5.41) is 0. The average molecular weight is 324 g/mol. The lowest BCUT2D eigenvalue weighted by molar-refractivity contribution is 0.323. The topological polar surface area (TPSA) is 27.7 Å². The summed E-state index contributed by atoms with van der Waals surface area (Å²) in [6.45, 7) is 4.37. The highest BCUT2D eigenvalue weighted by atomic mass is 16.5. The van der Waals surface area contributed by atoms with E-state index >= 15 is 0 Å². The molecule has 0 bridgehead atoms.